The van der Waals surface area contributed by atoms with E-state index in [0.717, 1.165) is 0 Å². The van der Waals surface area contributed by atoms with Gasteiger partial charge in [0.25, 0.3) is 11.8 Å². The van der Waals surface area contributed by atoms with E-state index < -0.39 is 5.91 Å². The zero-order valence-electron chi connectivity index (χ0n) is 14.1. The molecule has 136 valence electrons. The van der Waals surface area contributed by atoms with Crippen LogP contribution in [-0.2, 0) is 4.79 Å². The van der Waals surface area contributed by atoms with E-state index in [0.29, 0.717) is 34.3 Å². The van der Waals surface area contributed by atoms with Crippen LogP contribution in [0.15, 0.2) is 47.6 Å². The van der Waals surface area contributed by atoms with Crippen LogP contribution >= 0.6 is 11.6 Å². The van der Waals surface area contributed by atoms with E-state index in [1.165, 1.54) is 6.21 Å². The number of carbonyl (C=O) groups excluding carboxylic acids is 2. The summed E-state index contributed by atoms with van der Waals surface area (Å²) in [5.74, 6) is -0.0953. The van der Waals surface area contributed by atoms with Crippen molar-refractivity contribution in [2.75, 3.05) is 13.2 Å². The third-order valence-electron chi connectivity index (χ3n) is 3.12. The van der Waals surface area contributed by atoms with Crippen LogP contribution in [0.5, 0.6) is 11.5 Å². The number of amides is 2. The minimum atomic E-state index is -0.581. The van der Waals surface area contributed by atoms with E-state index >= 15 is 0 Å². The molecule has 2 aromatic rings. The van der Waals surface area contributed by atoms with Crippen molar-refractivity contribution in [3.63, 3.8) is 0 Å². The molecule has 0 atom stereocenters. The molecule has 2 rings (SSSR count). The van der Waals surface area contributed by atoms with Crippen molar-refractivity contribution in [1.29, 1.82) is 0 Å². The van der Waals surface area contributed by atoms with Crippen molar-refractivity contribution >= 4 is 29.6 Å². The van der Waals surface area contributed by atoms with Crippen LogP contribution in [0.3, 0.4) is 0 Å². The predicted molar refractivity (Wildman–Crippen MR) is 98.8 cm³/mol. The standard InChI is InChI=1S/C18H18ClN3O4/c1-2-25-16-9-12(3-8-15(16)26-11-17(20)23)10-21-22-18(24)13-4-6-14(19)7-5-13/h3-10H,2,11H2,1H3,(H2,20,23)(H,22,24)/b21-10-. The highest BCUT2D eigenvalue weighted by Gasteiger charge is 2.08. The fourth-order valence-electron chi connectivity index (χ4n) is 1.97. The maximum atomic E-state index is 12.0. The summed E-state index contributed by atoms with van der Waals surface area (Å²) in [5, 5.41) is 4.47. The van der Waals surface area contributed by atoms with Gasteiger partial charge < -0.3 is 15.2 Å². The Labute approximate surface area is 155 Å². The highest BCUT2D eigenvalue weighted by atomic mass is 35.5. The number of halogens is 1. The molecule has 3 N–H and O–H groups in total. The first-order valence-corrected chi connectivity index (χ1v) is 8.14. The van der Waals surface area contributed by atoms with Crippen LogP contribution in [0.25, 0.3) is 0 Å². The van der Waals surface area contributed by atoms with Crippen LogP contribution in [0.2, 0.25) is 5.02 Å². The Morgan fingerprint density at radius 2 is 1.88 bits per heavy atom. The number of nitrogens with one attached hydrogen (secondary N) is 1. The van der Waals surface area contributed by atoms with Gasteiger partial charge in [0.15, 0.2) is 18.1 Å². The normalized spacial score (nSPS) is 10.5. The van der Waals surface area contributed by atoms with Crippen LogP contribution in [0.4, 0.5) is 0 Å². The smallest absolute Gasteiger partial charge is 0.271 e. The van der Waals surface area contributed by atoms with Crippen LogP contribution < -0.4 is 20.6 Å². The molecule has 0 radical (unpaired) electrons. The van der Waals surface area contributed by atoms with Gasteiger partial charge in [-0.05, 0) is 55.0 Å². The van der Waals surface area contributed by atoms with Crippen molar-refractivity contribution in [2.24, 2.45) is 10.8 Å². The predicted octanol–water partition coefficient (Wildman–Crippen LogP) is 2.37. The summed E-state index contributed by atoms with van der Waals surface area (Å²) in [5.41, 5.74) is 8.62. The molecule has 0 aromatic heterocycles. The Balaban J connectivity index is 2.04. The van der Waals surface area contributed by atoms with Gasteiger partial charge in [0, 0.05) is 10.6 Å². The lowest BCUT2D eigenvalue weighted by Crippen LogP contribution is -2.20. The lowest BCUT2D eigenvalue weighted by atomic mass is 10.2. The number of hydrazone groups is 1. The molecule has 0 aliphatic heterocycles. The molecule has 0 aliphatic carbocycles. The largest absolute Gasteiger partial charge is 0.490 e. The molecule has 2 aromatic carbocycles. The van der Waals surface area contributed by atoms with Gasteiger partial charge in [-0.15, -0.1) is 0 Å². The van der Waals surface area contributed by atoms with Crippen molar-refractivity contribution in [3.8, 4) is 11.5 Å². The molecule has 2 amide bonds. The van der Waals surface area contributed by atoms with E-state index in [-0.39, 0.29) is 12.5 Å². The van der Waals surface area contributed by atoms with Gasteiger partial charge >= 0.3 is 0 Å². The Morgan fingerprint density at radius 1 is 1.15 bits per heavy atom. The fourth-order valence-corrected chi connectivity index (χ4v) is 2.10. The average molecular weight is 376 g/mol. The van der Waals surface area contributed by atoms with Crippen molar-refractivity contribution in [3.05, 3.63) is 58.6 Å². The maximum Gasteiger partial charge on any atom is 0.271 e. The zero-order valence-corrected chi connectivity index (χ0v) is 14.8. The van der Waals surface area contributed by atoms with E-state index in [1.807, 2.05) is 6.92 Å². The molecule has 7 nitrogen and oxygen atoms in total. The number of hydrogen-bond donors (Lipinski definition) is 2. The van der Waals surface area contributed by atoms with E-state index in [9.17, 15) is 9.59 Å². The van der Waals surface area contributed by atoms with Crippen molar-refractivity contribution in [1.82, 2.24) is 5.43 Å². The topological polar surface area (TPSA) is 103 Å². The van der Waals surface area contributed by atoms with Gasteiger partial charge in [-0.3, -0.25) is 9.59 Å². The maximum absolute atomic E-state index is 12.0. The summed E-state index contributed by atoms with van der Waals surface area (Å²) in [4.78, 5) is 22.8. The molecule has 0 aliphatic rings. The Bertz CT molecular complexity index is 807. The van der Waals surface area contributed by atoms with Crippen molar-refractivity contribution in [2.45, 2.75) is 6.92 Å². The average Bonchev–Trinajstić information content (AvgIpc) is 2.61. The molecule has 0 saturated heterocycles. The Morgan fingerprint density at radius 3 is 2.54 bits per heavy atom. The summed E-state index contributed by atoms with van der Waals surface area (Å²) < 4.78 is 10.8. The first kappa shape index (κ1) is 19.3. The second kappa shape index (κ2) is 9.43. The molecule has 26 heavy (non-hydrogen) atoms. The summed E-state index contributed by atoms with van der Waals surface area (Å²) in [6.07, 6.45) is 1.47. The van der Waals surface area contributed by atoms with Gasteiger partial charge in [-0.25, -0.2) is 5.43 Å². The first-order chi connectivity index (χ1) is 12.5. The number of carbonyl (C=O) groups is 2. The number of ether oxygens (including phenoxy) is 2. The highest BCUT2D eigenvalue weighted by molar-refractivity contribution is 6.30. The molecule has 0 fully saturated rings. The molecule has 8 heteroatoms. The van der Waals surface area contributed by atoms with E-state index in [1.54, 1.807) is 42.5 Å². The van der Waals surface area contributed by atoms with Gasteiger partial charge in [-0.1, -0.05) is 11.6 Å². The first-order valence-electron chi connectivity index (χ1n) is 7.76. The number of nitrogens with zero attached hydrogens (tertiary/aromatic N) is 1. The van der Waals surface area contributed by atoms with Crippen LogP contribution in [0.1, 0.15) is 22.8 Å². The third kappa shape index (κ3) is 5.78. The molecule has 0 unspecified atom stereocenters. The Kier molecular flexibility index (Phi) is 6.99. The van der Waals surface area contributed by atoms with E-state index in [2.05, 4.69) is 10.5 Å². The van der Waals surface area contributed by atoms with Crippen LogP contribution in [0, 0.1) is 0 Å². The summed E-state index contributed by atoms with van der Waals surface area (Å²) in [6.45, 7) is 2.00. The number of rotatable bonds is 8. The lowest BCUT2D eigenvalue weighted by molar-refractivity contribution is -0.119. The van der Waals surface area contributed by atoms with Gasteiger partial charge in [0.2, 0.25) is 0 Å². The second-order valence-corrected chi connectivity index (χ2v) is 5.54. The molecular weight excluding hydrogens is 358 g/mol. The van der Waals surface area contributed by atoms with Gasteiger partial charge in [-0.2, -0.15) is 5.10 Å². The molecule has 0 bridgehead atoms. The summed E-state index contributed by atoms with van der Waals surface area (Å²) in [7, 11) is 0. The quantitative estimate of drug-likeness (QED) is 0.546. The minimum absolute atomic E-state index is 0.245. The Hall–Kier alpha value is -3.06. The molecular formula is C18H18ClN3O4. The van der Waals surface area contributed by atoms with Gasteiger partial charge in [0.1, 0.15) is 0 Å². The highest BCUT2D eigenvalue weighted by Crippen LogP contribution is 2.28. The lowest BCUT2D eigenvalue weighted by Gasteiger charge is -2.11. The van der Waals surface area contributed by atoms with Crippen LogP contribution in [-0.4, -0.2) is 31.2 Å². The minimum Gasteiger partial charge on any atom is -0.490 e. The molecule has 0 heterocycles. The van der Waals surface area contributed by atoms with Crippen molar-refractivity contribution < 1.29 is 19.1 Å². The summed E-state index contributed by atoms with van der Waals surface area (Å²) in [6, 6.07) is 11.5. The van der Waals surface area contributed by atoms with Gasteiger partial charge in [0.05, 0.1) is 12.8 Å². The zero-order chi connectivity index (χ0) is 18.9. The summed E-state index contributed by atoms with van der Waals surface area (Å²) >= 11 is 5.78. The second-order valence-electron chi connectivity index (χ2n) is 5.10. The monoisotopic (exact) mass is 375 g/mol. The number of benzene rings is 2. The molecule has 0 saturated carbocycles. The van der Waals surface area contributed by atoms with E-state index in [4.69, 9.17) is 26.8 Å². The third-order valence-corrected chi connectivity index (χ3v) is 3.38. The SMILES string of the molecule is CCOc1cc(/C=N\NC(=O)c2ccc(Cl)cc2)ccc1OCC(N)=O. The number of primary amides is 1. The number of nitrogens with two attached hydrogens (primary N) is 1. The number of hydrogen-bond acceptors (Lipinski definition) is 5. The fraction of sp³-hybridized carbons (Fsp3) is 0.167. The molecule has 0 spiro atoms.